The lowest BCUT2D eigenvalue weighted by Gasteiger charge is -2.11. The van der Waals surface area contributed by atoms with E-state index < -0.39 is 0 Å². The monoisotopic (exact) mass is 423 g/mol. The van der Waals surface area contributed by atoms with Crippen LogP contribution in [0.2, 0.25) is 5.02 Å². The minimum atomic E-state index is -0.264. The normalized spacial score (nSPS) is 10.8. The van der Waals surface area contributed by atoms with Crippen molar-refractivity contribution in [1.82, 2.24) is 0 Å². The maximum Gasteiger partial charge on any atom is 0.248 e. The summed E-state index contributed by atoms with van der Waals surface area (Å²) in [7, 11) is 3.13. The van der Waals surface area contributed by atoms with Crippen LogP contribution < -0.4 is 14.8 Å². The van der Waals surface area contributed by atoms with E-state index >= 15 is 0 Å². The lowest BCUT2D eigenvalue weighted by atomic mass is 10.1. The summed E-state index contributed by atoms with van der Waals surface area (Å²) in [6.45, 7) is 3.86. The van der Waals surface area contributed by atoms with Crippen LogP contribution in [0.5, 0.6) is 11.5 Å². The average molecular weight is 425 g/mol. The molecule has 0 saturated carbocycles. The summed E-state index contributed by atoms with van der Waals surface area (Å²) in [5.41, 5.74) is 3.38. The highest BCUT2D eigenvalue weighted by Crippen LogP contribution is 2.36. The van der Waals surface area contributed by atoms with Crippen molar-refractivity contribution in [2.24, 2.45) is 0 Å². The predicted octanol–water partition coefficient (Wildman–Crippen LogP) is 5.39. The van der Waals surface area contributed by atoms with Gasteiger partial charge < -0.3 is 14.8 Å². The van der Waals surface area contributed by atoms with E-state index in [1.165, 1.54) is 6.08 Å². The fraction of sp³-hybridized carbons (Fsp3) is 0.211. The van der Waals surface area contributed by atoms with Crippen LogP contribution in [0.4, 0.5) is 5.69 Å². The van der Waals surface area contributed by atoms with Crippen molar-refractivity contribution < 1.29 is 14.3 Å². The Kier molecular flexibility index (Phi) is 6.51. The van der Waals surface area contributed by atoms with Crippen molar-refractivity contribution in [2.75, 3.05) is 19.5 Å². The number of rotatable bonds is 5. The molecule has 25 heavy (non-hydrogen) atoms. The van der Waals surface area contributed by atoms with E-state index in [-0.39, 0.29) is 5.91 Å². The molecular formula is C19H19BrClNO3. The van der Waals surface area contributed by atoms with Crippen LogP contribution in [0.15, 0.2) is 34.8 Å². The van der Waals surface area contributed by atoms with Crippen LogP contribution in [-0.4, -0.2) is 20.1 Å². The Morgan fingerprint density at radius 2 is 1.88 bits per heavy atom. The van der Waals surface area contributed by atoms with Gasteiger partial charge in [-0.25, -0.2) is 0 Å². The van der Waals surface area contributed by atoms with Gasteiger partial charge in [0, 0.05) is 6.08 Å². The minimum absolute atomic E-state index is 0.264. The van der Waals surface area contributed by atoms with Gasteiger partial charge in [0.25, 0.3) is 0 Å². The Morgan fingerprint density at radius 1 is 1.16 bits per heavy atom. The van der Waals surface area contributed by atoms with Crippen molar-refractivity contribution in [2.45, 2.75) is 13.8 Å². The second-order valence-corrected chi connectivity index (χ2v) is 6.76. The minimum Gasteiger partial charge on any atom is -0.493 e. The molecular weight excluding hydrogens is 406 g/mol. The van der Waals surface area contributed by atoms with E-state index in [0.29, 0.717) is 22.2 Å². The zero-order valence-corrected chi connectivity index (χ0v) is 16.8. The third-order valence-electron chi connectivity index (χ3n) is 3.56. The van der Waals surface area contributed by atoms with E-state index in [2.05, 4.69) is 21.2 Å². The fourth-order valence-corrected chi connectivity index (χ4v) is 3.43. The maximum atomic E-state index is 12.2. The highest BCUT2D eigenvalue weighted by atomic mass is 79.9. The Balaban J connectivity index is 2.20. The molecule has 1 amide bonds. The van der Waals surface area contributed by atoms with Crippen LogP contribution in [0, 0.1) is 13.8 Å². The molecule has 2 aromatic rings. The first-order chi connectivity index (χ1) is 11.8. The van der Waals surface area contributed by atoms with Crippen molar-refractivity contribution in [3.63, 3.8) is 0 Å². The first-order valence-corrected chi connectivity index (χ1v) is 8.70. The molecule has 0 radical (unpaired) electrons. The second kappa shape index (κ2) is 8.41. The number of ether oxygens (including phenoxy) is 2. The van der Waals surface area contributed by atoms with E-state index in [0.717, 1.165) is 21.2 Å². The smallest absolute Gasteiger partial charge is 0.248 e. The van der Waals surface area contributed by atoms with Gasteiger partial charge in [-0.2, -0.15) is 0 Å². The maximum absolute atomic E-state index is 12.2. The number of carbonyl (C=O) groups is 1. The number of aryl methyl sites for hydroxylation is 2. The molecule has 0 fully saturated rings. The van der Waals surface area contributed by atoms with Gasteiger partial charge in [0.15, 0.2) is 11.5 Å². The third-order valence-corrected chi connectivity index (χ3v) is 4.45. The van der Waals surface area contributed by atoms with Gasteiger partial charge in [-0.1, -0.05) is 17.7 Å². The van der Waals surface area contributed by atoms with Crippen LogP contribution in [0.25, 0.3) is 6.08 Å². The first-order valence-electron chi connectivity index (χ1n) is 7.53. The van der Waals surface area contributed by atoms with Crippen molar-refractivity contribution in [3.05, 3.63) is 56.5 Å². The van der Waals surface area contributed by atoms with Gasteiger partial charge in [-0.3, -0.25) is 4.79 Å². The largest absolute Gasteiger partial charge is 0.493 e. The van der Waals surface area contributed by atoms with Crippen molar-refractivity contribution in [3.8, 4) is 11.5 Å². The number of halogens is 2. The van der Waals surface area contributed by atoms with Gasteiger partial charge >= 0.3 is 0 Å². The van der Waals surface area contributed by atoms with Crippen molar-refractivity contribution >= 4 is 45.2 Å². The summed E-state index contributed by atoms with van der Waals surface area (Å²) in [6, 6.07) is 7.42. The van der Waals surface area contributed by atoms with Crippen molar-refractivity contribution in [1.29, 1.82) is 0 Å². The zero-order valence-electron chi connectivity index (χ0n) is 14.4. The summed E-state index contributed by atoms with van der Waals surface area (Å²) in [5, 5.41) is 3.34. The summed E-state index contributed by atoms with van der Waals surface area (Å²) >= 11 is 9.64. The summed E-state index contributed by atoms with van der Waals surface area (Å²) < 4.78 is 11.3. The standard InChI is InChI=1S/C19H19BrClNO3/c1-11-7-12(2)18(15(21)8-11)22-17(23)6-5-13-9-14(20)19(25-4)16(10-13)24-3/h5-10H,1-4H3,(H,22,23). The number of hydrogen-bond donors (Lipinski definition) is 1. The van der Waals surface area contributed by atoms with Gasteiger partial charge in [0.05, 0.1) is 29.4 Å². The topological polar surface area (TPSA) is 47.6 Å². The zero-order chi connectivity index (χ0) is 18.6. The quantitative estimate of drug-likeness (QED) is 0.655. The summed E-state index contributed by atoms with van der Waals surface area (Å²) in [5.74, 6) is 0.917. The van der Waals surface area contributed by atoms with Gasteiger partial charge in [0.1, 0.15) is 0 Å². The second-order valence-electron chi connectivity index (χ2n) is 5.50. The molecule has 0 bridgehead atoms. The molecule has 0 aliphatic rings. The molecule has 6 heteroatoms. The Morgan fingerprint density at radius 3 is 2.48 bits per heavy atom. The SMILES string of the molecule is COc1cc(C=CC(=O)Nc2c(C)cc(C)cc2Cl)cc(Br)c1OC. The molecule has 0 atom stereocenters. The molecule has 0 unspecified atom stereocenters. The molecule has 4 nitrogen and oxygen atoms in total. The third kappa shape index (κ3) is 4.77. The molecule has 1 N–H and O–H groups in total. The number of nitrogens with one attached hydrogen (secondary N) is 1. The average Bonchev–Trinajstić information content (AvgIpc) is 2.55. The summed E-state index contributed by atoms with van der Waals surface area (Å²) in [4.78, 5) is 12.2. The van der Waals surface area contributed by atoms with E-state index in [1.54, 1.807) is 26.4 Å². The molecule has 0 spiro atoms. The molecule has 0 aliphatic carbocycles. The predicted molar refractivity (Wildman–Crippen MR) is 106 cm³/mol. The number of carbonyl (C=O) groups excluding carboxylic acids is 1. The molecule has 0 aromatic heterocycles. The number of methoxy groups -OCH3 is 2. The van der Waals surface area contributed by atoms with Gasteiger partial charge in [-0.05, 0) is 70.7 Å². The molecule has 0 heterocycles. The lowest BCUT2D eigenvalue weighted by Crippen LogP contribution is -2.09. The van der Waals surface area contributed by atoms with E-state index in [9.17, 15) is 4.79 Å². The Labute approximate surface area is 160 Å². The molecule has 2 aromatic carbocycles. The lowest BCUT2D eigenvalue weighted by molar-refractivity contribution is -0.111. The highest BCUT2D eigenvalue weighted by molar-refractivity contribution is 9.10. The van der Waals surface area contributed by atoms with Gasteiger partial charge in [0.2, 0.25) is 5.91 Å². The molecule has 0 saturated heterocycles. The number of benzene rings is 2. The van der Waals surface area contributed by atoms with E-state index in [4.69, 9.17) is 21.1 Å². The first kappa shape index (κ1) is 19.3. The van der Waals surface area contributed by atoms with Crippen LogP contribution in [0.3, 0.4) is 0 Å². The molecule has 132 valence electrons. The molecule has 2 rings (SSSR count). The Hall–Kier alpha value is -1.98. The Bertz CT molecular complexity index is 811. The van der Waals surface area contributed by atoms with Crippen LogP contribution in [0.1, 0.15) is 16.7 Å². The number of hydrogen-bond acceptors (Lipinski definition) is 3. The summed E-state index contributed by atoms with van der Waals surface area (Å²) in [6.07, 6.45) is 3.14. The fourth-order valence-electron chi connectivity index (χ4n) is 2.44. The molecule has 0 aliphatic heterocycles. The van der Waals surface area contributed by atoms with Crippen LogP contribution >= 0.6 is 27.5 Å². The highest BCUT2D eigenvalue weighted by Gasteiger charge is 2.10. The van der Waals surface area contributed by atoms with Gasteiger partial charge in [-0.15, -0.1) is 0 Å². The van der Waals surface area contributed by atoms with Crippen LogP contribution in [-0.2, 0) is 4.79 Å². The van der Waals surface area contributed by atoms with E-state index in [1.807, 2.05) is 32.0 Å². The number of amides is 1. The number of anilines is 1.